The molecule has 0 aromatic heterocycles. The average Bonchev–Trinajstić information content (AvgIpc) is 2.43. The summed E-state index contributed by atoms with van der Waals surface area (Å²) in [7, 11) is -3.36. The van der Waals surface area contributed by atoms with Gasteiger partial charge in [0.05, 0.1) is 0 Å². The van der Waals surface area contributed by atoms with Crippen molar-refractivity contribution in [3.05, 3.63) is 11.6 Å². The quantitative estimate of drug-likeness (QED) is 0.823. The Hall–Kier alpha value is -0.100. The van der Waals surface area contributed by atoms with E-state index in [1.165, 1.54) is 4.31 Å². The molecular weight excluding hydrogens is 236 g/mol. The van der Waals surface area contributed by atoms with E-state index in [4.69, 9.17) is 11.6 Å². The van der Waals surface area contributed by atoms with Crippen molar-refractivity contribution in [1.29, 1.82) is 0 Å². The largest absolute Gasteiger partial charge is 0.279 e. The second kappa shape index (κ2) is 5.84. The Bertz CT molecular complexity index is 308. The van der Waals surface area contributed by atoms with Crippen LogP contribution in [0.2, 0.25) is 0 Å². The molecule has 1 aliphatic rings. The van der Waals surface area contributed by atoms with Crippen molar-refractivity contribution in [2.45, 2.75) is 25.7 Å². The summed E-state index contributed by atoms with van der Waals surface area (Å²) in [6.45, 7) is 4.74. The highest BCUT2D eigenvalue weighted by Gasteiger charge is 2.22. The Labute approximate surface area is 96.5 Å². The second-order valence-corrected chi connectivity index (χ2v) is 5.95. The minimum atomic E-state index is -3.36. The Balaban J connectivity index is 2.54. The van der Waals surface area contributed by atoms with Gasteiger partial charge in [0, 0.05) is 24.7 Å². The van der Waals surface area contributed by atoms with Gasteiger partial charge in [-0.25, -0.2) is 0 Å². The van der Waals surface area contributed by atoms with Gasteiger partial charge in [0.2, 0.25) is 0 Å². The Morgan fingerprint density at radius 1 is 1.27 bits per heavy atom. The zero-order chi connectivity index (χ0) is 11.3. The lowest BCUT2D eigenvalue weighted by Crippen LogP contribution is -2.41. The van der Waals surface area contributed by atoms with Crippen LogP contribution in [0, 0.1) is 0 Å². The van der Waals surface area contributed by atoms with E-state index in [-0.39, 0.29) is 6.54 Å². The van der Waals surface area contributed by atoms with Gasteiger partial charge in [-0.1, -0.05) is 31.0 Å². The van der Waals surface area contributed by atoms with E-state index in [1.807, 2.05) is 0 Å². The van der Waals surface area contributed by atoms with E-state index in [0.29, 0.717) is 18.1 Å². The van der Waals surface area contributed by atoms with Crippen LogP contribution in [0.15, 0.2) is 11.6 Å². The molecule has 4 nitrogen and oxygen atoms in total. The van der Waals surface area contributed by atoms with Crippen molar-refractivity contribution in [3.63, 3.8) is 0 Å². The highest BCUT2D eigenvalue weighted by atomic mass is 35.5. The minimum Gasteiger partial charge on any atom is -0.197 e. The van der Waals surface area contributed by atoms with Crippen molar-refractivity contribution in [1.82, 2.24) is 9.03 Å². The first-order chi connectivity index (χ1) is 7.02. The first-order valence-electron chi connectivity index (χ1n) is 5.10. The van der Waals surface area contributed by atoms with Gasteiger partial charge >= 0.3 is 0 Å². The predicted molar refractivity (Wildman–Crippen MR) is 62.0 cm³/mol. The van der Waals surface area contributed by atoms with Gasteiger partial charge < -0.3 is 0 Å². The third-order valence-electron chi connectivity index (χ3n) is 2.35. The normalized spacial score (nSPS) is 19.8. The van der Waals surface area contributed by atoms with Crippen LogP contribution in [-0.2, 0) is 10.2 Å². The third kappa shape index (κ3) is 4.51. The number of halogens is 1. The highest BCUT2D eigenvalue weighted by molar-refractivity contribution is 7.87. The molecule has 0 radical (unpaired) electrons. The fourth-order valence-corrected chi connectivity index (χ4v) is 2.97. The van der Waals surface area contributed by atoms with Crippen molar-refractivity contribution < 1.29 is 8.42 Å². The van der Waals surface area contributed by atoms with Crippen LogP contribution in [0.25, 0.3) is 0 Å². The lowest BCUT2D eigenvalue weighted by Gasteiger charge is -2.19. The van der Waals surface area contributed by atoms with Gasteiger partial charge in [-0.05, 0) is 12.8 Å². The number of rotatable bonds is 4. The van der Waals surface area contributed by atoms with Crippen LogP contribution in [0.1, 0.15) is 25.7 Å². The third-order valence-corrected chi connectivity index (χ3v) is 4.04. The van der Waals surface area contributed by atoms with Crippen molar-refractivity contribution in [2.75, 3.05) is 19.6 Å². The van der Waals surface area contributed by atoms with E-state index >= 15 is 0 Å². The Morgan fingerprint density at radius 2 is 1.80 bits per heavy atom. The molecule has 0 amide bonds. The van der Waals surface area contributed by atoms with E-state index in [1.54, 1.807) is 0 Å². The summed E-state index contributed by atoms with van der Waals surface area (Å²) >= 11 is 5.52. The Morgan fingerprint density at radius 3 is 2.27 bits per heavy atom. The predicted octanol–water partition coefficient (Wildman–Crippen LogP) is 1.45. The summed E-state index contributed by atoms with van der Waals surface area (Å²) in [4.78, 5) is 0. The molecule has 88 valence electrons. The molecule has 0 spiro atoms. The lowest BCUT2D eigenvalue weighted by atomic mass is 10.2. The van der Waals surface area contributed by atoms with Crippen molar-refractivity contribution in [2.24, 2.45) is 0 Å². The van der Waals surface area contributed by atoms with Crippen molar-refractivity contribution >= 4 is 21.8 Å². The van der Waals surface area contributed by atoms with Gasteiger partial charge in [0.15, 0.2) is 0 Å². The van der Waals surface area contributed by atoms with Crippen LogP contribution in [-0.4, -0.2) is 32.4 Å². The first kappa shape index (κ1) is 13.0. The molecule has 0 aromatic rings. The molecule has 15 heavy (non-hydrogen) atoms. The second-order valence-electron chi connectivity index (χ2n) is 3.66. The first-order valence-corrected chi connectivity index (χ1v) is 6.92. The molecule has 0 saturated carbocycles. The fraction of sp³-hybridized carbons (Fsp3) is 0.778. The Kier molecular flexibility index (Phi) is 5.05. The zero-order valence-corrected chi connectivity index (χ0v) is 10.3. The molecule has 1 fully saturated rings. The van der Waals surface area contributed by atoms with Crippen LogP contribution in [0.5, 0.6) is 0 Å². The summed E-state index contributed by atoms with van der Waals surface area (Å²) in [6, 6.07) is 0. The molecule has 0 unspecified atom stereocenters. The fourth-order valence-electron chi connectivity index (χ4n) is 1.54. The highest BCUT2D eigenvalue weighted by Crippen LogP contribution is 2.12. The molecule has 1 aliphatic heterocycles. The summed E-state index contributed by atoms with van der Waals surface area (Å²) in [5.74, 6) is 0. The zero-order valence-electron chi connectivity index (χ0n) is 8.71. The molecule has 1 saturated heterocycles. The topological polar surface area (TPSA) is 49.4 Å². The SMILES string of the molecule is C=C(Cl)CNS(=O)(=O)N1CCCCCC1. The van der Waals surface area contributed by atoms with Crippen LogP contribution in [0.3, 0.4) is 0 Å². The van der Waals surface area contributed by atoms with E-state index in [2.05, 4.69) is 11.3 Å². The monoisotopic (exact) mass is 252 g/mol. The van der Waals surface area contributed by atoms with E-state index < -0.39 is 10.2 Å². The van der Waals surface area contributed by atoms with E-state index in [9.17, 15) is 8.42 Å². The molecule has 0 atom stereocenters. The molecular formula is C9H17ClN2O2S. The molecule has 0 bridgehead atoms. The molecule has 1 N–H and O–H groups in total. The standard InChI is InChI=1S/C9H17ClN2O2S/c1-9(10)8-11-15(13,14)12-6-4-2-3-5-7-12/h11H,1-8H2. The minimum absolute atomic E-state index is 0.0976. The van der Waals surface area contributed by atoms with E-state index in [0.717, 1.165) is 25.7 Å². The summed E-state index contributed by atoms with van der Waals surface area (Å²) in [6.07, 6.45) is 4.08. The van der Waals surface area contributed by atoms with Crippen LogP contribution >= 0.6 is 11.6 Å². The number of hydrogen-bond acceptors (Lipinski definition) is 2. The maximum absolute atomic E-state index is 11.8. The van der Waals surface area contributed by atoms with Crippen molar-refractivity contribution in [3.8, 4) is 0 Å². The molecule has 1 rings (SSSR count). The van der Waals surface area contributed by atoms with Crippen LogP contribution in [0.4, 0.5) is 0 Å². The summed E-state index contributed by atoms with van der Waals surface area (Å²) in [5.41, 5.74) is 0. The lowest BCUT2D eigenvalue weighted by molar-refractivity contribution is 0.416. The number of hydrogen-bond donors (Lipinski definition) is 1. The molecule has 0 aromatic carbocycles. The molecule has 6 heteroatoms. The number of nitrogens with one attached hydrogen (secondary N) is 1. The summed E-state index contributed by atoms with van der Waals surface area (Å²) < 4.78 is 27.4. The summed E-state index contributed by atoms with van der Waals surface area (Å²) in [5, 5.41) is 0.299. The maximum Gasteiger partial charge on any atom is 0.279 e. The van der Waals surface area contributed by atoms with Gasteiger partial charge in [-0.3, -0.25) is 0 Å². The maximum atomic E-state index is 11.8. The van der Waals surface area contributed by atoms with Gasteiger partial charge in [0.25, 0.3) is 10.2 Å². The molecule has 0 aliphatic carbocycles. The average molecular weight is 253 g/mol. The van der Waals surface area contributed by atoms with Gasteiger partial charge in [-0.15, -0.1) is 0 Å². The number of nitrogens with zero attached hydrogens (tertiary/aromatic N) is 1. The van der Waals surface area contributed by atoms with Gasteiger partial charge in [0.1, 0.15) is 0 Å². The van der Waals surface area contributed by atoms with Crippen LogP contribution < -0.4 is 4.72 Å². The van der Waals surface area contributed by atoms with Gasteiger partial charge in [-0.2, -0.15) is 17.4 Å². The smallest absolute Gasteiger partial charge is 0.197 e. The molecule has 1 heterocycles.